The number of carbonyl (C=O) groups excluding carboxylic acids is 2. The topological polar surface area (TPSA) is 47.1 Å². The molecule has 2 aliphatic rings. The van der Waals surface area contributed by atoms with Crippen LogP contribution in [0.5, 0.6) is 0 Å². The van der Waals surface area contributed by atoms with Gasteiger partial charge in [-0.2, -0.15) is 0 Å². The monoisotopic (exact) mass is 316 g/mol. The molecule has 0 unspecified atom stereocenters. The van der Waals surface area contributed by atoms with Gasteiger partial charge in [0.2, 0.25) is 11.8 Å². The van der Waals surface area contributed by atoms with Crippen molar-refractivity contribution in [2.24, 2.45) is 0 Å². The second-order valence-corrected chi connectivity index (χ2v) is 5.62. The molecule has 0 saturated carbocycles. The van der Waals surface area contributed by atoms with Crippen LogP contribution in [0.25, 0.3) is 0 Å². The molecule has 0 spiro atoms. The van der Waals surface area contributed by atoms with Gasteiger partial charge in [0.1, 0.15) is 0 Å². The fraction of sp³-hybridized carbons (Fsp3) is 0.875. The van der Waals surface area contributed by atoms with Crippen molar-refractivity contribution in [2.45, 2.75) is 28.7 Å². The van der Waals surface area contributed by atoms with Gasteiger partial charge in [0, 0.05) is 66.2 Å². The molecule has 2 aliphatic heterocycles. The van der Waals surface area contributed by atoms with Gasteiger partial charge in [-0.15, -0.1) is 0 Å². The van der Waals surface area contributed by atoms with Gasteiger partial charge in [0.25, 0.3) is 0 Å². The molecular weight excluding hydrogens is 280 g/mol. The molecule has 2 fully saturated rings. The number of likely N-dealkylation sites (N-methyl/N-ethyl adjacent to an activating group) is 2. The average molecular weight is 316 g/mol. The molecule has 0 aliphatic carbocycles. The maximum atomic E-state index is 10.8. The van der Waals surface area contributed by atoms with Crippen LogP contribution in [0.2, 0.25) is 0 Å². The summed E-state index contributed by atoms with van der Waals surface area (Å²) in [5, 5.41) is 0. The zero-order valence-corrected chi connectivity index (χ0v) is 13.3. The van der Waals surface area contributed by atoms with Crippen LogP contribution in [0, 0.1) is 0 Å². The minimum atomic E-state index is 0. The average Bonchev–Trinajstić information content (AvgIpc) is 2.40. The van der Waals surface area contributed by atoms with Crippen molar-refractivity contribution < 1.29 is 9.59 Å². The van der Waals surface area contributed by atoms with Crippen LogP contribution >= 0.6 is 0 Å². The van der Waals surface area contributed by atoms with Crippen molar-refractivity contribution in [1.29, 1.82) is 0 Å². The fourth-order valence-electron chi connectivity index (χ4n) is 2.24. The van der Waals surface area contributed by atoms with Crippen LogP contribution in [-0.4, -0.2) is 97.9 Å². The second kappa shape index (κ2) is 11.4. The number of amides is 2. The van der Waals surface area contributed by atoms with Crippen LogP contribution in [0.15, 0.2) is 0 Å². The van der Waals surface area contributed by atoms with E-state index in [0.717, 1.165) is 52.4 Å². The van der Waals surface area contributed by atoms with Gasteiger partial charge in [-0.25, -0.2) is 0 Å². The smallest absolute Gasteiger partial charge is 0.219 e. The second-order valence-electron chi connectivity index (χ2n) is 5.62. The molecule has 2 rings (SSSR count). The molecule has 0 aromatic heterocycles. The molecule has 0 aromatic rings. The maximum absolute atomic E-state index is 10.8. The lowest BCUT2D eigenvalue weighted by Gasteiger charge is -2.31. The lowest BCUT2D eigenvalue weighted by molar-refractivity contribution is -0.131. The summed E-state index contributed by atoms with van der Waals surface area (Å²) in [7, 11) is 4.16. The summed E-state index contributed by atoms with van der Waals surface area (Å²) in [5.41, 5.74) is 0. The third-order valence-corrected chi connectivity index (χ3v) is 3.90. The minimum absolute atomic E-state index is 0. The first-order valence-electron chi connectivity index (χ1n) is 7.28. The first-order valence-corrected chi connectivity index (χ1v) is 7.28. The van der Waals surface area contributed by atoms with Gasteiger partial charge in [-0.3, -0.25) is 9.59 Å². The lowest BCUT2D eigenvalue weighted by atomic mass is 10.3. The highest BCUT2D eigenvalue weighted by atomic mass is 16.2. The van der Waals surface area contributed by atoms with Crippen LogP contribution in [0.3, 0.4) is 0 Å². The summed E-state index contributed by atoms with van der Waals surface area (Å²) >= 11 is 0. The van der Waals surface area contributed by atoms with Gasteiger partial charge in [0.15, 0.2) is 0 Å². The van der Waals surface area contributed by atoms with Crippen LogP contribution in [-0.2, 0) is 9.59 Å². The molecule has 2 amide bonds. The molecule has 2 saturated heterocycles. The molecule has 0 N–H and O–H groups in total. The van der Waals surface area contributed by atoms with Crippen LogP contribution < -0.4 is 0 Å². The third-order valence-electron chi connectivity index (χ3n) is 3.90. The van der Waals surface area contributed by atoms with Crippen LogP contribution in [0.4, 0.5) is 0 Å². The van der Waals surface area contributed by atoms with E-state index in [2.05, 4.69) is 23.9 Å². The Morgan fingerprint density at radius 1 is 0.591 bits per heavy atom. The third kappa shape index (κ3) is 8.34. The minimum Gasteiger partial charge on any atom is -0.340 e. The fourth-order valence-corrected chi connectivity index (χ4v) is 2.24. The Hall–Kier alpha value is -1.14. The zero-order chi connectivity index (χ0) is 15.1. The van der Waals surface area contributed by atoms with Crippen molar-refractivity contribution in [3.8, 4) is 0 Å². The SMILES string of the molecule is C.C.CC(=O)N1CCN(C)CC1.CC(=O)N1CCN(C)CC1. The van der Waals surface area contributed by atoms with E-state index in [1.807, 2.05) is 9.80 Å². The number of carbonyl (C=O) groups is 2. The van der Waals surface area contributed by atoms with E-state index in [1.165, 1.54) is 0 Å². The molecular formula is C16H36N4O2. The van der Waals surface area contributed by atoms with E-state index in [4.69, 9.17) is 0 Å². The van der Waals surface area contributed by atoms with E-state index in [0.29, 0.717) is 0 Å². The molecule has 22 heavy (non-hydrogen) atoms. The molecule has 0 aromatic carbocycles. The van der Waals surface area contributed by atoms with Gasteiger partial charge in [-0.05, 0) is 14.1 Å². The first-order chi connectivity index (χ1) is 9.40. The first kappa shape index (κ1) is 23.1. The summed E-state index contributed by atoms with van der Waals surface area (Å²) in [4.78, 5) is 29.9. The summed E-state index contributed by atoms with van der Waals surface area (Å²) in [6.45, 7) is 10.9. The van der Waals surface area contributed by atoms with Crippen LogP contribution in [0.1, 0.15) is 28.7 Å². The summed E-state index contributed by atoms with van der Waals surface area (Å²) in [6, 6.07) is 0. The van der Waals surface area contributed by atoms with Crippen molar-refractivity contribution in [3.63, 3.8) is 0 Å². The van der Waals surface area contributed by atoms with Gasteiger partial charge in [-0.1, -0.05) is 14.9 Å². The number of nitrogens with zero attached hydrogens (tertiary/aromatic N) is 4. The van der Waals surface area contributed by atoms with Gasteiger partial charge in [0.05, 0.1) is 0 Å². The molecule has 6 heteroatoms. The highest BCUT2D eigenvalue weighted by Gasteiger charge is 2.15. The Bertz CT molecular complexity index is 288. The van der Waals surface area contributed by atoms with E-state index in [-0.39, 0.29) is 26.7 Å². The summed E-state index contributed by atoms with van der Waals surface area (Å²) in [5.74, 6) is 0.404. The predicted octanol–water partition coefficient (Wildman–Crippen LogP) is 0.833. The van der Waals surface area contributed by atoms with Gasteiger partial charge >= 0.3 is 0 Å². The molecule has 0 atom stereocenters. The normalized spacial score (nSPS) is 19.3. The number of hydrogen-bond donors (Lipinski definition) is 0. The summed E-state index contributed by atoms with van der Waals surface area (Å²) < 4.78 is 0. The highest BCUT2D eigenvalue weighted by Crippen LogP contribution is 1.98. The highest BCUT2D eigenvalue weighted by molar-refractivity contribution is 5.73. The Labute approximate surface area is 137 Å². The Morgan fingerprint density at radius 3 is 1.00 bits per heavy atom. The number of piperazine rings is 2. The van der Waals surface area contributed by atoms with E-state index in [1.54, 1.807) is 13.8 Å². The standard InChI is InChI=1S/2C7H14N2O.2CH4/c2*1-7(10)9-5-3-8(2)4-6-9;;/h2*3-6H2,1-2H3;2*1H4. The zero-order valence-electron chi connectivity index (χ0n) is 13.3. The molecule has 132 valence electrons. The van der Waals surface area contributed by atoms with Crippen molar-refractivity contribution in [3.05, 3.63) is 0 Å². The van der Waals surface area contributed by atoms with E-state index < -0.39 is 0 Å². The number of rotatable bonds is 0. The quantitative estimate of drug-likeness (QED) is 0.664. The molecule has 0 radical (unpaired) electrons. The lowest BCUT2D eigenvalue weighted by Crippen LogP contribution is -2.46. The Balaban J connectivity index is 0. The van der Waals surface area contributed by atoms with Crippen molar-refractivity contribution in [1.82, 2.24) is 19.6 Å². The van der Waals surface area contributed by atoms with E-state index in [9.17, 15) is 9.59 Å². The molecule has 0 bridgehead atoms. The predicted molar refractivity (Wildman–Crippen MR) is 93.0 cm³/mol. The van der Waals surface area contributed by atoms with Gasteiger partial charge < -0.3 is 19.6 Å². The molecule has 2 heterocycles. The Kier molecular flexibility index (Phi) is 12.0. The van der Waals surface area contributed by atoms with Crippen molar-refractivity contribution >= 4 is 11.8 Å². The summed E-state index contributed by atoms with van der Waals surface area (Å²) in [6.07, 6.45) is 0. The van der Waals surface area contributed by atoms with E-state index >= 15 is 0 Å². The Morgan fingerprint density at radius 2 is 0.818 bits per heavy atom. The number of hydrogen-bond acceptors (Lipinski definition) is 4. The van der Waals surface area contributed by atoms with Crippen molar-refractivity contribution in [2.75, 3.05) is 66.5 Å². The maximum Gasteiger partial charge on any atom is 0.219 e. The largest absolute Gasteiger partial charge is 0.340 e. The molecule has 6 nitrogen and oxygen atoms in total.